The zero-order chi connectivity index (χ0) is 14.5. The van der Waals surface area contributed by atoms with Crippen LogP contribution in [0.2, 0.25) is 0 Å². The van der Waals surface area contributed by atoms with E-state index < -0.39 is 21.2 Å². The van der Waals surface area contributed by atoms with E-state index in [0.29, 0.717) is 5.56 Å². The molecule has 0 heterocycles. The van der Waals surface area contributed by atoms with Crippen LogP contribution in [0.1, 0.15) is 12.5 Å². The predicted octanol–water partition coefficient (Wildman–Crippen LogP) is 1.44. The van der Waals surface area contributed by atoms with Crippen molar-refractivity contribution in [3.63, 3.8) is 0 Å². The Hall–Kier alpha value is -2.33. The molecule has 19 heavy (non-hydrogen) atoms. The van der Waals surface area contributed by atoms with Crippen molar-refractivity contribution in [2.24, 2.45) is 0 Å². The highest BCUT2D eigenvalue weighted by atomic mass is 32.2. The molecule has 6 nitrogen and oxygen atoms in total. The average molecular weight is 280 g/mol. The molecule has 1 rings (SSSR count). The van der Waals surface area contributed by atoms with E-state index in [1.165, 1.54) is 25.1 Å². The van der Waals surface area contributed by atoms with Crippen molar-refractivity contribution >= 4 is 27.8 Å². The van der Waals surface area contributed by atoms with E-state index in [-0.39, 0.29) is 5.69 Å². The smallest absolute Gasteiger partial charge is 0.328 e. The van der Waals surface area contributed by atoms with E-state index in [0.717, 1.165) is 6.08 Å². The zero-order valence-corrected chi connectivity index (χ0v) is 10.9. The average Bonchev–Trinajstić information content (AvgIpc) is 2.35. The minimum absolute atomic E-state index is 0.273. The molecule has 0 aromatic heterocycles. The Morgan fingerprint density at radius 3 is 2.79 bits per heavy atom. The van der Waals surface area contributed by atoms with Crippen molar-refractivity contribution in [2.45, 2.75) is 12.2 Å². The number of rotatable bonds is 5. The Labute approximate surface area is 111 Å². The number of hydrogen-bond acceptors (Lipinski definition) is 4. The van der Waals surface area contributed by atoms with Crippen molar-refractivity contribution < 1.29 is 18.3 Å². The van der Waals surface area contributed by atoms with Gasteiger partial charge in [0.05, 0.1) is 6.07 Å². The number of sulfonamides is 1. The van der Waals surface area contributed by atoms with E-state index >= 15 is 0 Å². The minimum atomic E-state index is -3.76. The topological polar surface area (TPSA) is 107 Å². The van der Waals surface area contributed by atoms with Crippen LogP contribution in [0.3, 0.4) is 0 Å². The molecule has 1 unspecified atom stereocenters. The highest BCUT2D eigenvalue weighted by molar-refractivity contribution is 7.93. The first-order valence-electron chi connectivity index (χ1n) is 5.27. The molecule has 1 atom stereocenters. The van der Waals surface area contributed by atoms with Crippen molar-refractivity contribution in [1.82, 2.24) is 0 Å². The molecule has 0 aliphatic heterocycles. The number of nitrogens with one attached hydrogen (secondary N) is 1. The van der Waals surface area contributed by atoms with E-state index in [9.17, 15) is 13.2 Å². The third-order valence-electron chi connectivity index (χ3n) is 2.21. The highest BCUT2D eigenvalue weighted by Crippen LogP contribution is 2.15. The predicted molar refractivity (Wildman–Crippen MR) is 70.7 cm³/mol. The molecule has 0 saturated heterocycles. The molecule has 0 spiro atoms. The summed E-state index contributed by atoms with van der Waals surface area (Å²) in [6, 6.07) is 7.83. The van der Waals surface area contributed by atoms with Gasteiger partial charge in [0.15, 0.2) is 5.25 Å². The lowest BCUT2D eigenvalue weighted by Crippen LogP contribution is -2.23. The van der Waals surface area contributed by atoms with Gasteiger partial charge in [-0.3, -0.25) is 4.72 Å². The summed E-state index contributed by atoms with van der Waals surface area (Å²) in [4.78, 5) is 10.4. The van der Waals surface area contributed by atoms with E-state index in [4.69, 9.17) is 10.4 Å². The van der Waals surface area contributed by atoms with Crippen molar-refractivity contribution in [3.05, 3.63) is 35.9 Å². The number of anilines is 1. The Morgan fingerprint density at radius 2 is 2.21 bits per heavy atom. The van der Waals surface area contributed by atoms with Crippen LogP contribution in [0.4, 0.5) is 5.69 Å². The molecular weight excluding hydrogens is 268 g/mol. The maximum Gasteiger partial charge on any atom is 0.328 e. The number of benzene rings is 1. The quantitative estimate of drug-likeness (QED) is 0.793. The first-order valence-corrected chi connectivity index (χ1v) is 6.82. The standard InChI is InChI=1S/C12H12N2O4S/c1-9(8-13)19(17,18)14-11-4-2-3-10(7-11)5-6-12(15)16/h2-7,9,14H,1H3,(H,15,16)/b6-5+. The van der Waals surface area contributed by atoms with E-state index in [1.807, 2.05) is 0 Å². The molecule has 7 heteroatoms. The summed E-state index contributed by atoms with van der Waals surface area (Å²) in [6.45, 7) is 1.27. The second kappa shape index (κ2) is 6.02. The third kappa shape index (κ3) is 4.44. The van der Waals surface area contributed by atoms with Crippen LogP contribution < -0.4 is 4.72 Å². The van der Waals surface area contributed by atoms with Gasteiger partial charge in [-0.2, -0.15) is 5.26 Å². The van der Waals surface area contributed by atoms with Gasteiger partial charge in [0.2, 0.25) is 10.0 Å². The summed E-state index contributed by atoms with van der Waals surface area (Å²) in [7, 11) is -3.76. The van der Waals surface area contributed by atoms with Crippen LogP contribution in [-0.4, -0.2) is 24.7 Å². The van der Waals surface area contributed by atoms with Crippen molar-refractivity contribution in [1.29, 1.82) is 5.26 Å². The molecule has 0 saturated carbocycles. The minimum Gasteiger partial charge on any atom is -0.478 e. The van der Waals surface area contributed by atoms with Crippen LogP contribution in [0.5, 0.6) is 0 Å². The number of carboxylic acids is 1. The summed E-state index contributed by atoms with van der Waals surface area (Å²) >= 11 is 0. The molecule has 100 valence electrons. The molecular formula is C12H12N2O4S. The maximum atomic E-state index is 11.7. The van der Waals surface area contributed by atoms with Crippen LogP contribution >= 0.6 is 0 Å². The monoisotopic (exact) mass is 280 g/mol. The fourth-order valence-electron chi connectivity index (χ4n) is 1.20. The SMILES string of the molecule is CC(C#N)S(=O)(=O)Nc1cccc(/C=C/C(=O)O)c1. The summed E-state index contributed by atoms with van der Waals surface area (Å²) in [5.74, 6) is -1.09. The van der Waals surface area contributed by atoms with Gasteiger partial charge >= 0.3 is 5.97 Å². The van der Waals surface area contributed by atoms with Gasteiger partial charge in [-0.25, -0.2) is 13.2 Å². The number of hydrogen-bond donors (Lipinski definition) is 2. The van der Waals surface area contributed by atoms with E-state index in [2.05, 4.69) is 4.72 Å². The van der Waals surface area contributed by atoms with Crippen LogP contribution in [-0.2, 0) is 14.8 Å². The van der Waals surface area contributed by atoms with Gasteiger partial charge in [-0.1, -0.05) is 12.1 Å². The number of nitriles is 1. The maximum absolute atomic E-state index is 11.7. The molecule has 1 aromatic rings. The highest BCUT2D eigenvalue weighted by Gasteiger charge is 2.19. The summed E-state index contributed by atoms with van der Waals surface area (Å²) < 4.78 is 25.6. The third-order valence-corrected chi connectivity index (χ3v) is 3.77. The molecule has 0 radical (unpaired) electrons. The number of nitrogens with zero attached hydrogens (tertiary/aromatic N) is 1. The van der Waals surface area contributed by atoms with E-state index in [1.54, 1.807) is 18.2 Å². The second-order valence-corrected chi connectivity index (χ2v) is 5.72. The van der Waals surface area contributed by atoms with Crippen LogP contribution in [0.25, 0.3) is 6.08 Å². The zero-order valence-electron chi connectivity index (χ0n) is 10.1. The number of aliphatic carboxylic acids is 1. The molecule has 1 aromatic carbocycles. The molecule has 0 aliphatic rings. The largest absolute Gasteiger partial charge is 0.478 e. The molecule has 0 amide bonds. The normalized spacial score (nSPS) is 12.8. The lowest BCUT2D eigenvalue weighted by molar-refractivity contribution is -0.131. The summed E-state index contributed by atoms with van der Waals surface area (Å²) in [5.41, 5.74) is 0.807. The van der Waals surface area contributed by atoms with Crippen molar-refractivity contribution in [3.8, 4) is 6.07 Å². The van der Waals surface area contributed by atoms with Crippen LogP contribution in [0.15, 0.2) is 30.3 Å². The first-order chi connectivity index (χ1) is 8.85. The fraction of sp³-hybridized carbons (Fsp3) is 0.167. The lowest BCUT2D eigenvalue weighted by atomic mass is 10.2. The molecule has 0 bridgehead atoms. The van der Waals surface area contributed by atoms with Crippen LogP contribution in [0, 0.1) is 11.3 Å². The number of carbonyl (C=O) groups is 1. The Morgan fingerprint density at radius 1 is 1.53 bits per heavy atom. The molecule has 0 fully saturated rings. The number of carboxylic acid groups (broad SMARTS) is 1. The van der Waals surface area contributed by atoms with Gasteiger partial charge in [0.1, 0.15) is 0 Å². The summed E-state index contributed by atoms with van der Waals surface area (Å²) in [5, 5.41) is 15.9. The van der Waals surface area contributed by atoms with Crippen molar-refractivity contribution in [2.75, 3.05) is 4.72 Å². The van der Waals surface area contributed by atoms with Gasteiger partial charge in [-0.05, 0) is 30.7 Å². The Bertz CT molecular complexity index is 644. The Kier molecular flexibility index (Phi) is 4.67. The molecule has 0 aliphatic carbocycles. The lowest BCUT2D eigenvalue weighted by Gasteiger charge is -2.09. The van der Waals surface area contributed by atoms with Gasteiger partial charge in [-0.15, -0.1) is 0 Å². The van der Waals surface area contributed by atoms with Gasteiger partial charge < -0.3 is 5.11 Å². The second-order valence-electron chi connectivity index (χ2n) is 3.72. The molecule has 2 N–H and O–H groups in total. The fourth-order valence-corrected chi connectivity index (χ4v) is 1.97. The van der Waals surface area contributed by atoms with Gasteiger partial charge in [0.25, 0.3) is 0 Å². The Balaban J connectivity index is 2.96. The van der Waals surface area contributed by atoms with Gasteiger partial charge in [0, 0.05) is 11.8 Å². The first kappa shape index (κ1) is 14.7. The summed E-state index contributed by atoms with van der Waals surface area (Å²) in [6.07, 6.45) is 2.29.